The van der Waals surface area contributed by atoms with Gasteiger partial charge < -0.3 is 15.2 Å². The summed E-state index contributed by atoms with van der Waals surface area (Å²) in [5, 5.41) is 13.4. The number of benzene rings is 1. The predicted molar refractivity (Wildman–Crippen MR) is 73.0 cm³/mol. The molecule has 6 heteroatoms. The largest absolute Gasteiger partial charge is 0.385 e. The highest BCUT2D eigenvalue weighted by atomic mass is 32.2. The van der Waals surface area contributed by atoms with Crippen LogP contribution >= 0.6 is 0 Å². The first-order valence-corrected chi connectivity index (χ1v) is 8.09. The molecule has 1 aromatic carbocycles. The summed E-state index contributed by atoms with van der Waals surface area (Å²) in [6.45, 7) is 2.60. The Kier molecular flexibility index (Phi) is 3.85. The van der Waals surface area contributed by atoms with Crippen LogP contribution in [0.2, 0.25) is 0 Å². The standard InChI is InChI=1S/C13H19NO4S/c1-10-13(15,7-8-18-10)9-14-11-5-3-4-6-12(11)19(2,16)17/h3-6,10,14-15H,7-9H2,1-2H3. The Labute approximate surface area is 113 Å². The number of para-hydroxylation sites is 1. The van der Waals surface area contributed by atoms with Gasteiger partial charge in [0.2, 0.25) is 0 Å². The van der Waals surface area contributed by atoms with Crippen LogP contribution in [0.25, 0.3) is 0 Å². The normalized spacial score (nSPS) is 27.4. The molecule has 0 spiro atoms. The van der Waals surface area contributed by atoms with Crippen molar-refractivity contribution >= 4 is 15.5 Å². The van der Waals surface area contributed by atoms with Gasteiger partial charge in [0, 0.05) is 25.8 Å². The predicted octanol–water partition coefficient (Wildman–Crippen LogP) is 1.04. The van der Waals surface area contributed by atoms with E-state index in [1.165, 1.54) is 6.26 Å². The summed E-state index contributed by atoms with van der Waals surface area (Å²) in [5.41, 5.74) is -0.442. The molecule has 106 valence electrons. The number of anilines is 1. The Bertz CT molecular complexity index is 558. The van der Waals surface area contributed by atoms with Gasteiger partial charge in [-0.1, -0.05) is 12.1 Å². The average molecular weight is 285 g/mol. The van der Waals surface area contributed by atoms with E-state index in [-0.39, 0.29) is 17.5 Å². The topological polar surface area (TPSA) is 75.6 Å². The molecule has 2 unspecified atom stereocenters. The summed E-state index contributed by atoms with van der Waals surface area (Å²) < 4.78 is 28.7. The van der Waals surface area contributed by atoms with E-state index < -0.39 is 15.4 Å². The van der Waals surface area contributed by atoms with Crippen LogP contribution in [0.5, 0.6) is 0 Å². The van der Waals surface area contributed by atoms with Crippen molar-refractivity contribution in [2.45, 2.75) is 29.9 Å². The van der Waals surface area contributed by atoms with E-state index in [0.717, 1.165) is 0 Å². The molecule has 0 radical (unpaired) electrons. The van der Waals surface area contributed by atoms with Gasteiger partial charge in [0.25, 0.3) is 0 Å². The van der Waals surface area contributed by atoms with Crippen molar-refractivity contribution in [3.63, 3.8) is 0 Å². The van der Waals surface area contributed by atoms with E-state index >= 15 is 0 Å². The average Bonchev–Trinajstić information content (AvgIpc) is 2.67. The van der Waals surface area contributed by atoms with E-state index in [4.69, 9.17) is 4.74 Å². The molecule has 1 fully saturated rings. The zero-order valence-corrected chi connectivity index (χ0v) is 11.9. The molecule has 5 nitrogen and oxygen atoms in total. The third kappa shape index (κ3) is 3.08. The SMILES string of the molecule is CC1OCCC1(O)CNc1ccccc1S(C)(=O)=O. The van der Waals surface area contributed by atoms with Crippen LogP contribution in [-0.4, -0.2) is 44.6 Å². The molecule has 2 N–H and O–H groups in total. The Balaban J connectivity index is 2.17. The molecule has 2 rings (SSSR count). The van der Waals surface area contributed by atoms with Crippen molar-refractivity contribution in [2.24, 2.45) is 0 Å². The highest BCUT2D eigenvalue weighted by molar-refractivity contribution is 7.90. The molecule has 1 aromatic rings. The third-order valence-electron chi connectivity index (χ3n) is 3.53. The number of aliphatic hydroxyl groups is 1. The van der Waals surface area contributed by atoms with Crippen molar-refractivity contribution in [3.8, 4) is 0 Å². The Morgan fingerprint density at radius 2 is 2.16 bits per heavy atom. The molecule has 0 amide bonds. The van der Waals surface area contributed by atoms with Crippen LogP contribution < -0.4 is 5.32 Å². The summed E-state index contributed by atoms with van der Waals surface area (Å²) in [5.74, 6) is 0. The first kappa shape index (κ1) is 14.3. The minimum atomic E-state index is -3.29. The van der Waals surface area contributed by atoms with E-state index in [2.05, 4.69) is 5.32 Å². The molecule has 2 atom stereocenters. The van der Waals surface area contributed by atoms with Gasteiger partial charge >= 0.3 is 0 Å². The van der Waals surface area contributed by atoms with Crippen LogP contribution in [0.3, 0.4) is 0 Å². The summed E-state index contributed by atoms with van der Waals surface area (Å²) in [4.78, 5) is 0.241. The molecule has 1 saturated heterocycles. The fraction of sp³-hybridized carbons (Fsp3) is 0.538. The second-order valence-electron chi connectivity index (χ2n) is 4.99. The zero-order chi connectivity index (χ0) is 14.1. The number of hydrogen-bond acceptors (Lipinski definition) is 5. The van der Waals surface area contributed by atoms with Gasteiger partial charge in [0.05, 0.1) is 16.7 Å². The Morgan fingerprint density at radius 1 is 1.47 bits per heavy atom. The maximum atomic E-state index is 11.7. The molecule has 1 heterocycles. The van der Waals surface area contributed by atoms with Crippen LogP contribution in [0.4, 0.5) is 5.69 Å². The second-order valence-corrected chi connectivity index (χ2v) is 6.97. The molecule has 0 bridgehead atoms. The van der Waals surface area contributed by atoms with Crippen LogP contribution in [0.15, 0.2) is 29.2 Å². The zero-order valence-electron chi connectivity index (χ0n) is 11.1. The van der Waals surface area contributed by atoms with E-state index in [9.17, 15) is 13.5 Å². The fourth-order valence-electron chi connectivity index (χ4n) is 2.19. The van der Waals surface area contributed by atoms with Crippen LogP contribution in [0, 0.1) is 0 Å². The highest BCUT2D eigenvalue weighted by Gasteiger charge is 2.39. The summed E-state index contributed by atoms with van der Waals surface area (Å²) in [6, 6.07) is 6.68. The van der Waals surface area contributed by atoms with Crippen molar-refractivity contribution in [3.05, 3.63) is 24.3 Å². The van der Waals surface area contributed by atoms with E-state index in [1.807, 2.05) is 6.92 Å². The summed E-state index contributed by atoms with van der Waals surface area (Å²) >= 11 is 0. The maximum Gasteiger partial charge on any atom is 0.177 e. The lowest BCUT2D eigenvalue weighted by molar-refractivity contribution is -0.0176. The Hall–Kier alpha value is -1.11. The van der Waals surface area contributed by atoms with Crippen molar-refractivity contribution in [1.29, 1.82) is 0 Å². The summed E-state index contributed by atoms with van der Waals surface area (Å²) in [7, 11) is -3.29. The smallest absolute Gasteiger partial charge is 0.177 e. The molecule has 1 aliphatic rings. The monoisotopic (exact) mass is 285 g/mol. The summed E-state index contributed by atoms with van der Waals surface area (Å²) in [6.07, 6.45) is 1.46. The van der Waals surface area contributed by atoms with Gasteiger partial charge in [-0.05, 0) is 19.1 Å². The van der Waals surface area contributed by atoms with Crippen molar-refractivity contribution in [2.75, 3.05) is 24.7 Å². The van der Waals surface area contributed by atoms with Gasteiger partial charge in [-0.3, -0.25) is 0 Å². The van der Waals surface area contributed by atoms with E-state index in [0.29, 0.717) is 18.7 Å². The van der Waals surface area contributed by atoms with Gasteiger partial charge in [-0.2, -0.15) is 0 Å². The molecule has 0 aliphatic carbocycles. The minimum Gasteiger partial charge on any atom is -0.385 e. The molecule has 1 aliphatic heterocycles. The number of sulfone groups is 1. The first-order valence-electron chi connectivity index (χ1n) is 6.20. The van der Waals surface area contributed by atoms with Crippen molar-refractivity contribution in [1.82, 2.24) is 0 Å². The fourth-order valence-corrected chi connectivity index (χ4v) is 3.05. The van der Waals surface area contributed by atoms with Crippen LogP contribution in [0.1, 0.15) is 13.3 Å². The first-order chi connectivity index (χ1) is 8.83. The lowest BCUT2D eigenvalue weighted by atomic mass is 9.96. The molecular weight excluding hydrogens is 266 g/mol. The number of rotatable bonds is 4. The lowest BCUT2D eigenvalue weighted by Gasteiger charge is -2.27. The molecular formula is C13H19NO4S. The number of nitrogens with one attached hydrogen (secondary N) is 1. The van der Waals surface area contributed by atoms with Crippen LogP contribution in [-0.2, 0) is 14.6 Å². The quantitative estimate of drug-likeness (QED) is 0.864. The molecule has 0 saturated carbocycles. The second kappa shape index (κ2) is 5.11. The molecule has 19 heavy (non-hydrogen) atoms. The Morgan fingerprint density at radius 3 is 2.74 bits per heavy atom. The number of ether oxygens (including phenoxy) is 1. The van der Waals surface area contributed by atoms with Gasteiger partial charge in [-0.25, -0.2) is 8.42 Å². The van der Waals surface area contributed by atoms with Gasteiger partial charge in [-0.15, -0.1) is 0 Å². The minimum absolute atomic E-state index is 0.241. The maximum absolute atomic E-state index is 11.7. The third-order valence-corrected chi connectivity index (χ3v) is 4.69. The van der Waals surface area contributed by atoms with Gasteiger partial charge in [0.1, 0.15) is 5.60 Å². The molecule has 0 aromatic heterocycles. The van der Waals surface area contributed by atoms with Gasteiger partial charge in [0.15, 0.2) is 9.84 Å². The van der Waals surface area contributed by atoms with E-state index in [1.54, 1.807) is 24.3 Å². The number of hydrogen-bond donors (Lipinski definition) is 2. The lowest BCUT2D eigenvalue weighted by Crippen LogP contribution is -2.43. The highest BCUT2D eigenvalue weighted by Crippen LogP contribution is 2.27. The van der Waals surface area contributed by atoms with Crippen molar-refractivity contribution < 1.29 is 18.3 Å².